The molecule has 2 atom stereocenters. The van der Waals surface area contributed by atoms with Gasteiger partial charge in [-0.25, -0.2) is 0 Å². The number of halogens is 1. The zero-order valence-corrected chi connectivity index (χ0v) is 16.4. The van der Waals surface area contributed by atoms with Crippen LogP contribution in [0.2, 0.25) is 5.02 Å². The molecule has 0 radical (unpaired) electrons. The summed E-state index contributed by atoms with van der Waals surface area (Å²) in [5.74, 6) is 0.237. The maximum Gasteiger partial charge on any atom is 0.283 e. The molecule has 3 rings (SSSR count). The fourth-order valence-corrected chi connectivity index (χ4v) is 5.26. The summed E-state index contributed by atoms with van der Waals surface area (Å²) in [6.07, 6.45) is 7.23. The molecule has 2 unspecified atom stereocenters. The number of benzene rings is 1. The van der Waals surface area contributed by atoms with Gasteiger partial charge in [0.05, 0.1) is 12.7 Å². The van der Waals surface area contributed by atoms with Crippen molar-refractivity contribution in [2.45, 2.75) is 56.7 Å². The van der Waals surface area contributed by atoms with Crippen LogP contribution in [0.15, 0.2) is 23.2 Å². The molecule has 0 bridgehead atoms. The number of hydrogen-bond acceptors (Lipinski definition) is 3. The van der Waals surface area contributed by atoms with E-state index in [1.54, 1.807) is 37.1 Å². The van der Waals surface area contributed by atoms with Gasteiger partial charge in [-0.15, -0.1) is 0 Å². The molecule has 6 heteroatoms. The Morgan fingerprint density at radius 2 is 2.20 bits per heavy atom. The molecule has 0 N–H and O–H groups in total. The number of methoxy groups -OCH3 is 1. The van der Waals surface area contributed by atoms with Crippen LogP contribution in [0.5, 0.6) is 5.75 Å². The summed E-state index contributed by atoms with van der Waals surface area (Å²) in [4.78, 5) is 19.6. The van der Waals surface area contributed by atoms with E-state index in [0.717, 1.165) is 24.6 Å². The highest BCUT2D eigenvalue weighted by atomic mass is 35.5. The molecule has 2 fully saturated rings. The second-order valence-corrected chi connectivity index (χ2v) is 8.24. The van der Waals surface area contributed by atoms with Gasteiger partial charge in [0.2, 0.25) is 0 Å². The Kier molecular flexibility index (Phi) is 6.29. The highest BCUT2D eigenvalue weighted by molar-refractivity contribution is 8.14. The summed E-state index contributed by atoms with van der Waals surface area (Å²) < 4.78 is 5.30. The van der Waals surface area contributed by atoms with E-state index in [-0.39, 0.29) is 5.91 Å². The van der Waals surface area contributed by atoms with Crippen molar-refractivity contribution in [3.63, 3.8) is 0 Å². The van der Waals surface area contributed by atoms with Crippen LogP contribution in [0.3, 0.4) is 0 Å². The molecule has 2 aliphatic rings. The van der Waals surface area contributed by atoms with E-state index in [1.807, 2.05) is 0 Å². The molecule has 1 aliphatic carbocycles. The summed E-state index contributed by atoms with van der Waals surface area (Å²) >= 11 is 7.83. The van der Waals surface area contributed by atoms with Crippen LogP contribution in [-0.2, 0) is 0 Å². The van der Waals surface area contributed by atoms with Crippen molar-refractivity contribution in [1.82, 2.24) is 4.90 Å². The van der Waals surface area contributed by atoms with Crippen LogP contribution in [-0.4, -0.2) is 40.9 Å². The second-order valence-electron chi connectivity index (χ2n) is 6.60. The quantitative estimate of drug-likeness (QED) is 0.720. The molecular formula is C19H25ClN2O2S. The van der Waals surface area contributed by atoms with Crippen molar-refractivity contribution >= 4 is 34.4 Å². The van der Waals surface area contributed by atoms with Crippen molar-refractivity contribution < 1.29 is 9.53 Å². The largest absolute Gasteiger partial charge is 0.496 e. The van der Waals surface area contributed by atoms with Crippen LogP contribution in [0.4, 0.5) is 0 Å². The molecule has 1 saturated heterocycles. The summed E-state index contributed by atoms with van der Waals surface area (Å²) in [5, 5.41) is 1.95. The van der Waals surface area contributed by atoms with Gasteiger partial charge >= 0.3 is 0 Å². The fourth-order valence-electron chi connectivity index (χ4n) is 3.59. The van der Waals surface area contributed by atoms with E-state index < -0.39 is 0 Å². The van der Waals surface area contributed by atoms with Gasteiger partial charge in [-0.05, 0) is 37.5 Å². The maximum absolute atomic E-state index is 12.8. The number of ether oxygens (including phenoxy) is 1. The normalized spacial score (nSPS) is 24.4. The predicted molar refractivity (Wildman–Crippen MR) is 105 cm³/mol. The molecule has 0 aromatic heterocycles. The molecule has 0 spiro atoms. The lowest BCUT2D eigenvalue weighted by Crippen LogP contribution is -2.39. The lowest BCUT2D eigenvalue weighted by Gasteiger charge is -2.31. The Bertz CT molecular complexity index is 665. The minimum Gasteiger partial charge on any atom is -0.496 e. The second kappa shape index (κ2) is 8.45. The van der Waals surface area contributed by atoms with Crippen molar-refractivity contribution in [3.05, 3.63) is 28.8 Å². The Balaban J connectivity index is 1.87. The van der Waals surface area contributed by atoms with Crippen LogP contribution >= 0.6 is 23.4 Å². The van der Waals surface area contributed by atoms with Gasteiger partial charge in [-0.1, -0.05) is 49.5 Å². The molecule has 1 aromatic carbocycles. The number of carbonyl (C=O) groups excluding carboxylic acids is 1. The lowest BCUT2D eigenvalue weighted by atomic mass is 9.94. The molecule has 4 nitrogen and oxygen atoms in total. The smallest absolute Gasteiger partial charge is 0.283 e. The van der Waals surface area contributed by atoms with Crippen LogP contribution in [0, 0.1) is 0 Å². The summed E-state index contributed by atoms with van der Waals surface area (Å²) in [7, 11) is 1.56. The summed E-state index contributed by atoms with van der Waals surface area (Å²) in [5.41, 5.74) is 0.424. The van der Waals surface area contributed by atoms with Gasteiger partial charge in [-0.3, -0.25) is 4.79 Å². The summed E-state index contributed by atoms with van der Waals surface area (Å²) in [6.45, 7) is 3.17. The standard InChI is InChI=1S/C19H25ClN2O2S/c1-3-4-11-22-15-7-5-6-8-17(15)25-19(22)21-18(23)14-12-13(20)9-10-16(14)24-2/h9-10,12,15,17H,3-8,11H2,1-2H3. The van der Waals surface area contributed by atoms with E-state index >= 15 is 0 Å². The van der Waals surface area contributed by atoms with E-state index in [9.17, 15) is 4.79 Å². The lowest BCUT2D eigenvalue weighted by molar-refractivity contribution is 0.0998. The molecule has 1 aromatic rings. The highest BCUT2D eigenvalue weighted by Crippen LogP contribution is 2.40. The Morgan fingerprint density at radius 3 is 2.96 bits per heavy atom. The molecule has 1 aliphatic heterocycles. The molecule has 1 heterocycles. The molecule has 136 valence electrons. The van der Waals surface area contributed by atoms with Crippen molar-refractivity contribution in [2.75, 3.05) is 13.7 Å². The third kappa shape index (κ3) is 4.14. The first-order chi connectivity index (χ1) is 12.1. The molecule has 25 heavy (non-hydrogen) atoms. The van der Waals surface area contributed by atoms with E-state index in [2.05, 4.69) is 16.8 Å². The molecule has 1 saturated carbocycles. The van der Waals surface area contributed by atoms with E-state index in [4.69, 9.17) is 16.3 Å². The van der Waals surface area contributed by atoms with Crippen LogP contribution < -0.4 is 4.74 Å². The number of rotatable bonds is 5. The highest BCUT2D eigenvalue weighted by Gasteiger charge is 2.40. The number of thioether (sulfide) groups is 1. The van der Waals surface area contributed by atoms with Crippen molar-refractivity contribution in [1.29, 1.82) is 0 Å². The third-order valence-electron chi connectivity index (χ3n) is 4.91. The monoisotopic (exact) mass is 380 g/mol. The van der Waals surface area contributed by atoms with Gasteiger partial charge < -0.3 is 9.64 Å². The summed E-state index contributed by atoms with van der Waals surface area (Å²) in [6, 6.07) is 5.59. The third-order valence-corrected chi connectivity index (χ3v) is 6.54. The zero-order valence-electron chi connectivity index (χ0n) is 14.8. The molecular weight excluding hydrogens is 356 g/mol. The predicted octanol–water partition coefficient (Wildman–Crippen LogP) is 5.00. The number of unbranched alkanes of at least 4 members (excludes halogenated alkanes) is 1. The topological polar surface area (TPSA) is 41.9 Å². The van der Waals surface area contributed by atoms with Gasteiger partial charge in [0.1, 0.15) is 5.75 Å². The van der Waals surface area contributed by atoms with Crippen LogP contribution in [0.1, 0.15) is 55.8 Å². The first-order valence-corrected chi connectivity index (χ1v) is 10.3. The Morgan fingerprint density at radius 1 is 1.40 bits per heavy atom. The number of amides is 1. The van der Waals surface area contributed by atoms with Gasteiger partial charge in [0.25, 0.3) is 5.91 Å². The number of hydrogen-bond donors (Lipinski definition) is 0. The van der Waals surface area contributed by atoms with E-state index in [0.29, 0.717) is 27.6 Å². The first kappa shape index (κ1) is 18.6. The average molecular weight is 381 g/mol. The Hall–Kier alpha value is -1.20. The molecule has 1 amide bonds. The van der Waals surface area contributed by atoms with Crippen molar-refractivity contribution in [3.8, 4) is 5.75 Å². The number of aliphatic imine (C=N–C) groups is 1. The van der Waals surface area contributed by atoms with Crippen molar-refractivity contribution in [2.24, 2.45) is 4.99 Å². The number of nitrogens with zero attached hydrogens (tertiary/aromatic N) is 2. The van der Waals surface area contributed by atoms with E-state index in [1.165, 1.54) is 25.7 Å². The zero-order chi connectivity index (χ0) is 17.8. The number of amidine groups is 1. The SMILES string of the molecule is CCCCN1C(=NC(=O)c2cc(Cl)ccc2OC)SC2CCCCC21. The van der Waals surface area contributed by atoms with Gasteiger partial charge in [0.15, 0.2) is 5.17 Å². The number of fused-ring (bicyclic) bond motifs is 1. The van der Waals surface area contributed by atoms with Gasteiger partial charge in [-0.2, -0.15) is 4.99 Å². The fraction of sp³-hybridized carbons (Fsp3) is 0.579. The average Bonchev–Trinajstić information content (AvgIpc) is 2.96. The minimum atomic E-state index is -0.276. The Labute approximate surface area is 159 Å². The van der Waals surface area contributed by atoms with Crippen LogP contribution in [0.25, 0.3) is 0 Å². The maximum atomic E-state index is 12.8. The number of carbonyl (C=O) groups is 1. The van der Waals surface area contributed by atoms with Gasteiger partial charge in [0, 0.05) is 22.9 Å². The first-order valence-electron chi connectivity index (χ1n) is 9.04. The minimum absolute atomic E-state index is 0.276.